The van der Waals surface area contributed by atoms with Gasteiger partial charge in [0.1, 0.15) is 5.82 Å². The molecule has 1 spiro atoms. The first-order valence-electron chi connectivity index (χ1n) is 7.39. The van der Waals surface area contributed by atoms with E-state index in [1.807, 2.05) is 19.2 Å². The number of hydrogen-bond donors (Lipinski definition) is 0. The van der Waals surface area contributed by atoms with E-state index in [-0.39, 0.29) is 11.7 Å². The standard InChI is InChI=1S/C15H23N3O2/c1-12-16-7-4-13(17-12)10-18-8-6-15(5-3-9-20-15)14(11-18)19-2/h4,7,14H,3,5-6,8-11H2,1-2H3/t14-,15-/m0/s1. The lowest BCUT2D eigenvalue weighted by Crippen LogP contribution is -2.55. The minimum atomic E-state index is -0.0349. The van der Waals surface area contributed by atoms with E-state index in [9.17, 15) is 0 Å². The maximum Gasteiger partial charge on any atom is 0.125 e. The second-order valence-electron chi connectivity index (χ2n) is 5.82. The number of aryl methyl sites for hydroxylation is 1. The van der Waals surface area contributed by atoms with Crippen molar-refractivity contribution in [3.63, 3.8) is 0 Å². The lowest BCUT2D eigenvalue weighted by Gasteiger charge is -2.44. The summed E-state index contributed by atoms with van der Waals surface area (Å²) in [7, 11) is 1.80. The summed E-state index contributed by atoms with van der Waals surface area (Å²) in [6.45, 7) is 5.63. The molecule has 0 aliphatic carbocycles. The summed E-state index contributed by atoms with van der Waals surface area (Å²) in [6, 6.07) is 1.99. The molecule has 0 bridgehead atoms. The lowest BCUT2D eigenvalue weighted by atomic mass is 9.86. The molecule has 20 heavy (non-hydrogen) atoms. The van der Waals surface area contributed by atoms with Crippen molar-refractivity contribution in [3.05, 3.63) is 23.8 Å². The summed E-state index contributed by atoms with van der Waals surface area (Å²) in [5.41, 5.74) is 1.04. The van der Waals surface area contributed by atoms with Crippen molar-refractivity contribution >= 4 is 0 Å². The fraction of sp³-hybridized carbons (Fsp3) is 0.733. The van der Waals surface area contributed by atoms with E-state index < -0.39 is 0 Å². The quantitative estimate of drug-likeness (QED) is 0.839. The average molecular weight is 277 g/mol. The van der Waals surface area contributed by atoms with Gasteiger partial charge in [-0.2, -0.15) is 0 Å². The van der Waals surface area contributed by atoms with Gasteiger partial charge in [0, 0.05) is 39.5 Å². The fourth-order valence-electron chi connectivity index (χ4n) is 3.43. The Morgan fingerprint density at radius 1 is 1.50 bits per heavy atom. The molecular formula is C15H23N3O2. The molecule has 3 rings (SSSR count). The van der Waals surface area contributed by atoms with Crippen LogP contribution >= 0.6 is 0 Å². The number of hydrogen-bond acceptors (Lipinski definition) is 5. The molecule has 2 fully saturated rings. The Hall–Kier alpha value is -1.04. The Morgan fingerprint density at radius 3 is 3.10 bits per heavy atom. The summed E-state index contributed by atoms with van der Waals surface area (Å²) in [5, 5.41) is 0. The van der Waals surface area contributed by atoms with Gasteiger partial charge in [0.2, 0.25) is 0 Å². The highest BCUT2D eigenvalue weighted by atomic mass is 16.5. The molecule has 0 aromatic carbocycles. The summed E-state index contributed by atoms with van der Waals surface area (Å²) >= 11 is 0. The molecule has 2 aliphatic heterocycles. The first-order valence-corrected chi connectivity index (χ1v) is 7.39. The van der Waals surface area contributed by atoms with Crippen LogP contribution in [0.25, 0.3) is 0 Å². The van der Waals surface area contributed by atoms with Crippen LogP contribution in [0.3, 0.4) is 0 Å². The molecule has 3 heterocycles. The molecule has 0 saturated carbocycles. The predicted molar refractivity (Wildman–Crippen MR) is 75.4 cm³/mol. The average Bonchev–Trinajstić information content (AvgIpc) is 2.91. The SMILES string of the molecule is CO[C@H]1CN(Cc2ccnc(C)n2)CC[C@@]12CCCO2. The van der Waals surface area contributed by atoms with E-state index in [0.29, 0.717) is 0 Å². The summed E-state index contributed by atoms with van der Waals surface area (Å²) in [4.78, 5) is 11.0. The van der Waals surface area contributed by atoms with Crippen LogP contribution < -0.4 is 0 Å². The van der Waals surface area contributed by atoms with Gasteiger partial charge in [-0.3, -0.25) is 4.90 Å². The van der Waals surface area contributed by atoms with Crippen molar-refractivity contribution < 1.29 is 9.47 Å². The predicted octanol–water partition coefficient (Wildman–Crippen LogP) is 1.55. The third-order valence-corrected chi connectivity index (χ3v) is 4.50. The van der Waals surface area contributed by atoms with E-state index in [4.69, 9.17) is 9.47 Å². The van der Waals surface area contributed by atoms with Gasteiger partial charge in [0.15, 0.2) is 0 Å². The number of ether oxygens (including phenoxy) is 2. The molecule has 5 nitrogen and oxygen atoms in total. The van der Waals surface area contributed by atoms with Gasteiger partial charge in [-0.1, -0.05) is 0 Å². The maximum atomic E-state index is 6.03. The minimum absolute atomic E-state index is 0.0349. The summed E-state index contributed by atoms with van der Waals surface area (Å²) in [6.07, 6.45) is 5.34. The molecule has 5 heteroatoms. The zero-order chi connectivity index (χ0) is 14.0. The highest BCUT2D eigenvalue weighted by Crippen LogP contribution is 2.37. The van der Waals surface area contributed by atoms with Gasteiger partial charge in [-0.25, -0.2) is 9.97 Å². The van der Waals surface area contributed by atoms with E-state index in [1.165, 1.54) is 0 Å². The third-order valence-electron chi connectivity index (χ3n) is 4.50. The molecular weight excluding hydrogens is 254 g/mol. The largest absolute Gasteiger partial charge is 0.377 e. The Morgan fingerprint density at radius 2 is 2.40 bits per heavy atom. The maximum absolute atomic E-state index is 6.03. The van der Waals surface area contributed by atoms with E-state index >= 15 is 0 Å². The lowest BCUT2D eigenvalue weighted by molar-refractivity contribution is -0.143. The topological polar surface area (TPSA) is 47.5 Å². The molecule has 1 aromatic rings. The van der Waals surface area contributed by atoms with Gasteiger partial charge >= 0.3 is 0 Å². The molecule has 2 saturated heterocycles. The van der Waals surface area contributed by atoms with Crippen LogP contribution in [0.4, 0.5) is 0 Å². The van der Waals surface area contributed by atoms with Crippen molar-refractivity contribution in [1.29, 1.82) is 0 Å². The Balaban J connectivity index is 1.66. The Bertz CT molecular complexity index is 460. The van der Waals surface area contributed by atoms with Crippen LogP contribution in [0.1, 0.15) is 30.8 Å². The van der Waals surface area contributed by atoms with Crippen molar-refractivity contribution in [2.45, 2.75) is 44.4 Å². The van der Waals surface area contributed by atoms with Crippen molar-refractivity contribution in [1.82, 2.24) is 14.9 Å². The minimum Gasteiger partial charge on any atom is -0.377 e. The first kappa shape index (κ1) is 13.9. The highest BCUT2D eigenvalue weighted by Gasteiger charge is 2.46. The van der Waals surface area contributed by atoms with Crippen LogP contribution in [-0.4, -0.2) is 53.4 Å². The van der Waals surface area contributed by atoms with Crippen LogP contribution in [0.5, 0.6) is 0 Å². The van der Waals surface area contributed by atoms with Crippen LogP contribution in [0.2, 0.25) is 0 Å². The second kappa shape index (κ2) is 5.76. The number of piperidine rings is 1. The smallest absolute Gasteiger partial charge is 0.125 e. The molecule has 1 aromatic heterocycles. The van der Waals surface area contributed by atoms with Crippen LogP contribution in [0, 0.1) is 6.92 Å². The summed E-state index contributed by atoms with van der Waals surface area (Å²) in [5.74, 6) is 0.832. The third kappa shape index (κ3) is 2.71. The number of aromatic nitrogens is 2. The van der Waals surface area contributed by atoms with Gasteiger partial charge < -0.3 is 9.47 Å². The van der Waals surface area contributed by atoms with Crippen LogP contribution in [-0.2, 0) is 16.0 Å². The molecule has 0 unspecified atom stereocenters. The molecule has 0 N–H and O–H groups in total. The molecule has 0 radical (unpaired) electrons. The van der Waals surface area contributed by atoms with E-state index in [0.717, 1.165) is 57.0 Å². The first-order chi connectivity index (χ1) is 9.72. The van der Waals surface area contributed by atoms with Crippen LogP contribution in [0.15, 0.2) is 12.3 Å². The summed E-state index contributed by atoms with van der Waals surface area (Å²) < 4.78 is 11.7. The van der Waals surface area contributed by atoms with E-state index in [2.05, 4.69) is 14.9 Å². The fourth-order valence-corrected chi connectivity index (χ4v) is 3.43. The monoisotopic (exact) mass is 277 g/mol. The Kier molecular flexibility index (Phi) is 4.01. The number of nitrogens with zero attached hydrogens (tertiary/aromatic N) is 3. The molecule has 2 atom stereocenters. The Labute approximate surface area is 120 Å². The zero-order valence-electron chi connectivity index (χ0n) is 12.3. The van der Waals surface area contributed by atoms with Gasteiger partial charge in [-0.05, 0) is 32.3 Å². The zero-order valence-corrected chi connectivity index (χ0v) is 12.3. The van der Waals surface area contributed by atoms with Crippen molar-refractivity contribution in [2.75, 3.05) is 26.8 Å². The number of likely N-dealkylation sites (tertiary alicyclic amines) is 1. The van der Waals surface area contributed by atoms with Crippen molar-refractivity contribution in [3.8, 4) is 0 Å². The van der Waals surface area contributed by atoms with Gasteiger partial charge in [-0.15, -0.1) is 0 Å². The number of rotatable bonds is 3. The normalized spacial score (nSPS) is 31.0. The van der Waals surface area contributed by atoms with E-state index in [1.54, 1.807) is 7.11 Å². The second-order valence-corrected chi connectivity index (χ2v) is 5.82. The molecule has 110 valence electrons. The van der Waals surface area contributed by atoms with Gasteiger partial charge in [0.05, 0.1) is 17.4 Å². The van der Waals surface area contributed by atoms with Gasteiger partial charge in [0.25, 0.3) is 0 Å². The van der Waals surface area contributed by atoms with Crippen molar-refractivity contribution in [2.24, 2.45) is 0 Å². The molecule has 0 amide bonds. The molecule has 2 aliphatic rings. The highest BCUT2D eigenvalue weighted by molar-refractivity contribution is 5.04. The number of methoxy groups -OCH3 is 1.